The molecule has 102 valence electrons. The molecule has 0 unspecified atom stereocenters. The first kappa shape index (κ1) is 14.0. The molecule has 1 aromatic heterocycles. The van der Waals surface area contributed by atoms with Gasteiger partial charge in [-0.2, -0.15) is 0 Å². The molecular weight excluding hydrogens is 262 g/mol. The molecule has 0 aliphatic heterocycles. The Kier molecular flexibility index (Phi) is 4.88. The number of benzene rings is 1. The molecule has 0 amide bonds. The highest BCUT2D eigenvalue weighted by Gasteiger charge is 2.03. The number of hydrogen-bond acceptors (Lipinski definition) is 3. The van der Waals surface area contributed by atoms with E-state index in [0.29, 0.717) is 17.7 Å². The van der Waals surface area contributed by atoms with Gasteiger partial charge in [0.1, 0.15) is 18.1 Å². The summed E-state index contributed by atoms with van der Waals surface area (Å²) in [4.78, 5) is 0. The minimum atomic E-state index is 0.420. The molecule has 1 aromatic carbocycles. The zero-order valence-electron chi connectivity index (χ0n) is 11.2. The second-order valence-electron chi connectivity index (χ2n) is 4.70. The zero-order valence-corrected chi connectivity index (χ0v) is 11.9. The van der Waals surface area contributed by atoms with Crippen LogP contribution in [0.1, 0.15) is 25.2 Å². The van der Waals surface area contributed by atoms with Gasteiger partial charge in [0, 0.05) is 23.2 Å². The van der Waals surface area contributed by atoms with Gasteiger partial charge >= 0.3 is 0 Å². The van der Waals surface area contributed by atoms with Crippen molar-refractivity contribution in [2.75, 3.05) is 0 Å². The molecule has 4 heteroatoms. The van der Waals surface area contributed by atoms with Crippen LogP contribution in [0.3, 0.4) is 0 Å². The van der Waals surface area contributed by atoms with E-state index in [1.165, 1.54) is 0 Å². The van der Waals surface area contributed by atoms with Crippen molar-refractivity contribution >= 4 is 11.6 Å². The summed E-state index contributed by atoms with van der Waals surface area (Å²) in [6.07, 6.45) is 1.76. The maximum Gasteiger partial charge on any atom is 0.146 e. The second-order valence-corrected chi connectivity index (χ2v) is 5.14. The Balaban J connectivity index is 1.84. The lowest BCUT2D eigenvalue weighted by molar-refractivity contribution is 0.270. The van der Waals surface area contributed by atoms with Gasteiger partial charge < -0.3 is 14.5 Å². The number of rotatable bonds is 6. The van der Waals surface area contributed by atoms with E-state index in [1.54, 1.807) is 18.4 Å². The minimum absolute atomic E-state index is 0.420. The highest BCUT2D eigenvalue weighted by molar-refractivity contribution is 6.30. The number of furan rings is 1. The number of hydrogen-bond donors (Lipinski definition) is 1. The fourth-order valence-corrected chi connectivity index (χ4v) is 1.73. The van der Waals surface area contributed by atoms with Crippen LogP contribution in [0.4, 0.5) is 0 Å². The zero-order chi connectivity index (χ0) is 13.7. The quantitative estimate of drug-likeness (QED) is 0.867. The summed E-state index contributed by atoms with van der Waals surface area (Å²) in [6, 6.07) is 9.75. The van der Waals surface area contributed by atoms with Gasteiger partial charge in [0.2, 0.25) is 0 Å². The lowest BCUT2D eigenvalue weighted by atomic mass is 10.3. The maximum absolute atomic E-state index is 5.81. The summed E-state index contributed by atoms with van der Waals surface area (Å²) in [5.74, 6) is 1.60. The van der Waals surface area contributed by atoms with E-state index in [0.717, 1.165) is 23.6 Å². The largest absolute Gasteiger partial charge is 0.486 e. The summed E-state index contributed by atoms with van der Waals surface area (Å²) >= 11 is 5.81. The van der Waals surface area contributed by atoms with Crippen LogP contribution in [0, 0.1) is 0 Å². The third kappa shape index (κ3) is 4.62. The van der Waals surface area contributed by atoms with Gasteiger partial charge in [-0.05, 0) is 30.3 Å². The molecule has 2 rings (SSSR count). The first-order valence-corrected chi connectivity index (χ1v) is 6.69. The lowest BCUT2D eigenvalue weighted by Gasteiger charge is -2.05. The Labute approximate surface area is 118 Å². The monoisotopic (exact) mass is 279 g/mol. The molecule has 1 N–H and O–H groups in total. The molecule has 0 aliphatic rings. The third-order valence-electron chi connectivity index (χ3n) is 2.62. The number of nitrogens with one attached hydrogen (secondary N) is 1. The van der Waals surface area contributed by atoms with Crippen LogP contribution >= 0.6 is 11.6 Å². The summed E-state index contributed by atoms with van der Waals surface area (Å²) in [6.45, 7) is 5.46. The minimum Gasteiger partial charge on any atom is -0.486 e. The van der Waals surface area contributed by atoms with E-state index in [2.05, 4.69) is 19.2 Å². The topological polar surface area (TPSA) is 34.4 Å². The van der Waals surface area contributed by atoms with E-state index in [-0.39, 0.29) is 0 Å². The molecular formula is C15H18ClNO2. The van der Waals surface area contributed by atoms with Gasteiger partial charge in [-0.3, -0.25) is 0 Å². The van der Waals surface area contributed by atoms with Gasteiger partial charge in [-0.25, -0.2) is 0 Å². The molecule has 0 saturated carbocycles. The van der Waals surface area contributed by atoms with Crippen molar-refractivity contribution < 1.29 is 9.15 Å². The summed E-state index contributed by atoms with van der Waals surface area (Å²) in [7, 11) is 0. The van der Waals surface area contributed by atoms with Crippen LogP contribution in [0.15, 0.2) is 41.0 Å². The third-order valence-corrected chi connectivity index (χ3v) is 2.87. The molecule has 19 heavy (non-hydrogen) atoms. The summed E-state index contributed by atoms with van der Waals surface area (Å²) in [5, 5.41) is 4.04. The molecule has 0 aliphatic carbocycles. The van der Waals surface area contributed by atoms with Crippen LogP contribution < -0.4 is 10.1 Å². The normalized spacial score (nSPS) is 10.9. The second kappa shape index (κ2) is 6.64. The van der Waals surface area contributed by atoms with Gasteiger partial charge in [-0.15, -0.1) is 0 Å². The Hall–Kier alpha value is -1.45. The molecule has 0 saturated heterocycles. The van der Waals surface area contributed by atoms with Crippen LogP contribution in [0.2, 0.25) is 5.02 Å². The molecule has 3 nitrogen and oxygen atoms in total. The van der Waals surface area contributed by atoms with Crippen LogP contribution in [-0.4, -0.2) is 6.04 Å². The predicted molar refractivity (Wildman–Crippen MR) is 76.5 cm³/mol. The molecule has 0 bridgehead atoms. The summed E-state index contributed by atoms with van der Waals surface area (Å²) < 4.78 is 11.1. The van der Waals surface area contributed by atoms with Crippen molar-refractivity contribution in [2.45, 2.75) is 33.0 Å². The first-order valence-electron chi connectivity index (χ1n) is 6.31. The molecule has 0 atom stereocenters. The van der Waals surface area contributed by atoms with Crippen molar-refractivity contribution in [3.8, 4) is 5.75 Å². The Morgan fingerprint density at radius 2 is 2.00 bits per heavy atom. The van der Waals surface area contributed by atoms with Gasteiger partial charge in [0.25, 0.3) is 0 Å². The number of ether oxygens (including phenoxy) is 1. The molecule has 1 heterocycles. The molecule has 2 aromatic rings. The van der Waals surface area contributed by atoms with Crippen molar-refractivity contribution in [1.29, 1.82) is 0 Å². The lowest BCUT2D eigenvalue weighted by Crippen LogP contribution is -2.21. The average Bonchev–Trinajstić information content (AvgIpc) is 2.84. The summed E-state index contributed by atoms with van der Waals surface area (Å²) in [5.41, 5.74) is 1.13. The smallest absolute Gasteiger partial charge is 0.146 e. The van der Waals surface area contributed by atoms with E-state index < -0.39 is 0 Å². The van der Waals surface area contributed by atoms with Crippen molar-refractivity contribution in [2.24, 2.45) is 0 Å². The van der Waals surface area contributed by atoms with Crippen LogP contribution in [0.25, 0.3) is 0 Å². The van der Waals surface area contributed by atoms with Gasteiger partial charge in [0.05, 0.1) is 6.26 Å². The Morgan fingerprint density at radius 3 is 2.68 bits per heavy atom. The molecule has 0 radical (unpaired) electrons. The van der Waals surface area contributed by atoms with Crippen LogP contribution in [0.5, 0.6) is 5.75 Å². The molecule has 0 fully saturated rings. The molecule has 0 spiro atoms. The van der Waals surface area contributed by atoms with E-state index in [9.17, 15) is 0 Å². The van der Waals surface area contributed by atoms with Crippen molar-refractivity contribution in [3.63, 3.8) is 0 Å². The van der Waals surface area contributed by atoms with Gasteiger partial charge in [-0.1, -0.05) is 25.4 Å². The van der Waals surface area contributed by atoms with Crippen molar-refractivity contribution in [3.05, 3.63) is 52.9 Å². The van der Waals surface area contributed by atoms with E-state index in [1.807, 2.05) is 18.2 Å². The first-order chi connectivity index (χ1) is 9.13. The van der Waals surface area contributed by atoms with Crippen LogP contribution in [-0.2, 0) is 13.2 Å². The Bertz CT molecular complexity index is 505. The maximum atomic E-state index is 5.81. The van der Waals surface area contributed by atoms with Crippen molar-refractivity contribution in [1.82, 2.24) is 5.32 Å². The Morgan fingerprint density at radius 1 is 1.26 bits per heavy atom. The van der Waals surface area contributed by atoms with Gasteiger partial charge in [0.15, 0.2) is 0 Å². The average molecular weight is 280 g/mol. The fourth-order valence-electron chi connectivity index (χ4n) is 1.60. The number of halogens is 1. The van der Waals surface area contributed by atoms with E-state index >= 15 is 0 Å². The SMILES string of the molecule is CC(C)NCc1coc(COc2ccc(Cl)cc2)c1. The van der Waals surface area contributed by atoms with E-state index in [4.69, 9.17) is 20.8 Å². The highest BCUT2D eigenvalue weighted by atomic mass is 35.5. The highest BCUT2D eigenvalue weighted by Crippen LogP contribution is 2.17. The fraction of sp³-hybridized carbons (Fsp3) is 0.333. The standard InChI is InChI=1S/C15H18ClNO2/c1-11(2)17-8-12-7-15(18-9-12)10-19-14-5-3-13(16)4-6-14/h3-7,9,11,17H,8,10H2,1-2H3. The predicted octanol–water partition coefficient (Wildman–Crippen LogP) is 4.01.